The predicted octanol–water partition coefficient (Wildman–Crippen LogP) is 1.45. The van der Waals surface area contributed by atoms with Crippen LogP contribution in [0.2, 0.25) is 0 Å². The van der Waals surface area contributed by atoms with Gasteiger partial charge in [0.05, 0.1) is 12.7 Å². The smallest absolute Gasteiger partial charge is 0.257 e. The fourth-order valence-corrected chi connectivity index (χ4v) is 2.50. The minimum Gasteiger partial charge on any atom is -0.496 e. The van der Waals surface area contributed by atoms with Crippen LogP contribution in [0.5, 0.6) is 5.75 Å². The van der Waals surface area contributed by atoms with Crippen LogP contribution in [0.15, 0.2) is 18.2 Å². The number of ether oxygens (including phenoxy) is 1. The summed E-state index contributed by atoms with van der Waals surface area (Å²) in [5.41, 5.74) is 6.85. The van der Waals surface area contributed by atoms with Gasteiger partial charge in [-0.25, -0.2) is 0 Å². The second-order valence-corrected chi connectivity index (χ2v) is 5.24. The molecule has 0 saturated carbocycles. The molecule has 0 spiro atoms. The molecule has 0 atom stereocenters. The molecular weight excluding hydrogens is 254 g/mol. The number of nitrogen functional groups attached to an aromatic ring is 1. The van der Waals surface area contributed by atoms with E-state index in [9.17, 15) is 4.79 Å². The number of nitrogens with zero attached hydrogens (tertiary/aromatic N) is 2. The number of hydrogen-bond donors (Lipinski definition) is 1. The number of likely N-dealkylation sites (N-methyl/N-ethyl adjacent to an activating group) is 1. The van der Waals surface area contributed by atoms with E-state index in [4.69, 9.17) is 10.5 Å². The van der Waals surface area contributed by atoms with Crippen LogP contribution in [-0.4, -0.2) is 56.0 Å². The number of carbonyl (C=O) groups excluding carboxylic acids is 1. The lowest BCUT2D eigenvalue weighted by atomic mass is 10.1. The van der Waals surface area contributed by atoms with Crippen molar-refractivity contribution in [2.45, 2.75) is 12.8 Å². The zero-order chi connectivity index (χ0) is 14.5. The second kappa shape index (κ2) is 6.61. The maximum Gasteiger partial charge on any atom is 0.257 e. The lowest BCUT2D eigenvalue weighted by Crippen LogP contribution is -2.35. The van der Waals surface area contributed by atoms with E-state index in [1.807, 2.05) is 7.05 Å². The Kier molecular flexibility index (Phi) is 4.84. The van der Waals surface area contributed by atoms with Crippen LogP contribution in [0.25, 0.3) is 0 Å². The highest BCUT2D eigenvalue weighted by Crippen LogP contribution is 2.22. The quantitative estimate of drug-likeness (QED) is 0.828. The molecule has 1 aromatic rings. The first-order chi connectivity index (χ1) is 9.61. The number of likely N-dealkylation sites (tertiary alicyclic amines) is 1. The van der Waals surface area contributed by atoms with Gasteiger partial charge >= 0.3 is 0 Å². The molecule has 1 heterocycles. The molecular formula is C15H23N3O2. The Morgan fingerprint density at radius 3 is 2.75 bits per heavy atom. The number of carbonyl (C=O) groups is 1. The zero-order valence-corrected chi connectivity index (χ0v) is 12.3. The second-order valence-electron chi connectivity index (χ2n) is 5.24. The Morgan fingerprint density at radius 2 is 2.10 bits per heavy atom. The van der Waals surface area contributed by atoms with Gasteiger partial charge in [0.1, 0.15) is 5.75 Å². The first-order valence-electron chi connectivity index (χ1n) is 7.03. The van der Waals surface area contributed by atoms with E-state index < -0.39 is 0 Å². The normalized spacial score (nSPS) is 15.3. The Balaban J connectivity index is 2.00. The van der Waals surface area contributed by atoms with Crippen molar-refractivity contribution in [3.05, 3.63) is 23.8 Å². The van der Waals surface area contributed by atoms with Gasteiger partial charge in [0, 0.05) is 25.8 Å². The number of methoxy groups -OCH3 is 1. The van der Waals surface area contributed by atoms with Crippen molar-refractivity contribution in [3.63, 3.8) is 0 Å². The van der Waals surface area contributed by atoms with Gasteiger partial charge < -0.3 is 20.3 Å². The molecule has 1 aliphatic heterocycles. The number of rotatable bonds is 5. The highest BCUT2D eigenvalue weighted by Gasteiger charge is 2.18. The van der Waals surface area contributed by atoms with Gasteiger partial charge in [0.2, 0.25) is 0 Å². The van der Waals surface area contributed by atoms with E-state index in [1.165, 1.54) is 12.8 Å². The Bertz CT molecular complexity index is 470. The summed E-state index contributed by atoms with van der Waals surface area (Å²) < 4.78 is 5.24. The fourth-order valence-electron chi connectivity index (χ4n) is 2.50. The SMILES string of the molecule is COc1ccc(N)cc1C(=O)N(C)CCN1CCCC1. The maximum absolute atomic E-state index is 12.5. The van der Waals surface area contributed by atoms with Crippen LogP contribution in [0, 0.1) is 0 Å². The molecule has 1 amide bonds. The van der Waals surface area contributed by atoms with Crippen LogP contribution >= 0.6 is 0 Å². The van der Waals surface area contributed by atoms with Gasteiger partial charge in [0.25, 0.3) is 5.91 Å². The predicted molar refractivity (Wildman–Crippen MR) is 80.0 cm³/mol. The average Bonchev–Trinajstić information content (AvgIpc) is 2.97. The summed E-state index contributed by atoms with van der Waals surface area (Å²) in [6.07, 6.45) is 2.53. The molecule has 110 valence electrons. The minimum absolute atomic E-state index is 0.0478. The van der Waals surface area contributed by atoms with Gasteiger partial charge in [-0.15, -0.1) is 0 Å². The molecule has 0 radical (unpaired) electrons. The number of hydrogen-bond acceptors (Lipinski definition) is 4. The Labute approximate surface area is 120 Å². The summed E-state index contributed by atoms with van der Waals surface area (Å²) >= 11 is 0. The van der Waals surface area contributed by atoms with E-state index >= 15 is 0 Å². The molecule has 0 aliphatic carbocycles. The summed E-state index contributed by atoms with van der Waals surface area (Å²) in [6, 6.07) is 5.14. The molecule has 5 heteroatoms. The van der Waals surface area contributed by atoms with Crippen molar-refractivity contribution in [2.24, 2.45) is 0 Å². The van der Waals surface area contributed by atoms with Crippen LogP contribution in [0.1, 0.15) is 23.2 Å². The first-order valence-corrected chi connectivity index (χ1v) is 7.03. The third kappa shape index (κ3) is 3.42. The summed E-state index contributed by atoms with van der Waals surface area (Å²) in [5, 5.41) is 0. The largest absolute Gasteiger partial charge is 0.496 e. The minimum atomic E-state index is -0.0478. The highest BCUT2D eigenvalue weighted by atomic mass is 16.5. The number of benzene rings is 1. The van der Waals surface area contributed by atoms with E-state index in [2.05, 4.69) is 4.90 Å². The van der Waals surface area contributed by atoms with E-state index in [-0.39, 0.29) is 5.91 Å². The van der Waals surface area contributed by atoms with Crippen LogP contribution in [0.4, 0.5) is 5.69 Å². The number of nitrogens with two attached hydrogens (primary N) is 1. The molecule has 0 aromatic heterocycles. The molecule has 2 N–H and O–H groups in total. The van der Waals surface area contributed by atoms with Crippen molar-refractivity contribution >= 4 is 11.6 Å². The van der Waals surface area contributed by atoms with Crippen molar-refractivity contribution in [3.8, 4) is 5.75 Å². The topological polar surface area (TPSA) is 58.8 Å². The molecule has 1 aromatic carbocycles. The van der Waals surface area contributed by atoms with Crippen LogP contribution in [0.3, 0.4) is 0 Å². The van der Waals surface area contributed by atoms with Crippen molar-refractivity contribution in [1.82, 2.24) is 9.80 Å². The Hall–Kier alpha value is -1.75. The number of anilines is 1. The molecule has 2 rings (SSSR count). The standard InChI is InChI=1S/C15H23N3O2/c1-17(9-10-18-7-3-4-8-18)15(19)13-11-12(16)5-6-14(13)20-2/h5-6,11H,3-4,7-10,16H2,1-2H3. The maximum atomic E-state index is 12.5. The lowest BCUT2D eigenvalue weighted by molar-refractivity contribution is 0.0779. The van der Waals surface area contributed by atoms with E-state index in [0.717, 1.165) is 26.2 Å². The van der Waals surface area contributed by atoms with Crippen molar-refractivity contribution in [1.29, 1.82) is 0 Å². The van der Waals surface area contributed by atoms with Crippen LogP contribution in [-0.2, 0) is 0 Å². The first kappa shape index (κ1) is 14.7. The third-order valence-electron chi connectivity index (χ3n) is 3.75. The van der Waals surface area contributed by atoms with E-state index in [1.54, 1.807) is 30.2 Å². The molecule has 20 heavy (non-hydrogen) atoms. The van der Waals surface area contributed by atoms with Crippen LogP contribution < -0.4 is 10.5 Å². The van der Waals surface area contributed by atoms with Crippen molar-refractivity contribution < 1.29 is 9.53 Å². The average molecular weight is 277 g/mol. The van der Waals surface area contributed by atoms with E-state index in [0.29, 0.717) is 17.0 Å². The van der Waals surface area contributed by atoms with Gasteiger partial charge in [-0.2, -0.15) is 0 Å². The molecule has 0 bridgehead atoms. The monoisotopic (exact) mass is 277 g/mol. The van der Waals surface area contributed by atoms with Gasteiger partial charge in [-0.3, -0.25) is 4.79 Å². The zero-order valence-electron chi connectivity index (χ0n) is 12.3. The number of amides is 1. The Morgan fingerprint density at radius 1 is 1.40 bits per heavy atom. The fraction of sp³-hybridized carbons (Fsp3) is 0.533. The summed E-state index contributed by atoms with van der Waals surface area (Å²) in [6.45, 7) is 3.93. The summed E-state index contributed by atoms with van der Waals surface area (Å²) in [4.78, 5) is 16.6. The van der Waals surface area contributed by atoms with Gasteiger partial charge in [-0.05, 0) is 44.1 Å². The van der Waals surface area contributed by atoms with Crippen molar-refractivity contribution in [2.75, 3.05) is 46.1 Å². The third-order valence-corrected chi connectivity index (χ3v) is 3.75. The van der Waals surface area contributed by atoms with Gasteiger partial charge in [0.15, 0.2) is 0 Å². The highest BCUT2D eigenvalue weighted by molar-refractivity contribution is 5.97. The molecule has 1 aliphatic rings. The molecule has 0 unspecified atom stereocenters. The molecule has 1 saturated heterocycles. The summed E-state index contributed by atoms with van der Waals surface area (Å²) in [5.74, 6) is 0.519. The summed E-state index contributed by atoms with van der Waals surface area (Å²) in [7, 11) is 3.38. The molecule has 5 nitrogen and oxygen atoms in total. The molecule has 1 fully saturated rings. The lowest BCUT2D eigenvalue weighted by Gasteiger charge is -2.22. The van der Waals surface area contributed by atoms with Gasteiger partial charge in [-0.1, -0.05) is 0 Å².